The number of carbonyl (C=O) groups is 2. The minimum absolute atomic E-state index is 0.0925. The van der Waals surface area contributed by atoms with Crippen molar-refractivity contribution in [3.63, 3.8) is 0 Å². The molecule has 0 aliphatic carbocycles. The maximum absolute atomic E-state index is 12.0. The minimum Gasteiger partial charge on any atom is -0.480 e. The Kier molecular flexibility index (Phi) is 5.44. The maximum atomic E-state index is 12.0. The average Bonchev–Trinajstić information content (AvgIpc) is 2.75. The van der Waals surface area contributed by atoms with Crippen LogP contribution in [0.25, 0.3) is 0 Å². The van der Waals surface area contributed by atoms with E-state index in [0.29, 0.717) is 18.9 Å². The summed E-state index contributed by atoms with van der Waals surface area (Å²) in [5, 5.41) is 11.9. The number of urea groups is 1. The van der Waals surface area contributed by atoms with E-state index in [1.807, 2.05) is 6.92 Å². The highest BCUT2D eigenvalue weighted by Gasteiger charge is 2.34. The molecule has 0 spiro atoms. The van der Waals surface area contributed by atoms with Gasteiger partial charge >= 0.3 is 12.0 Å². The van der Waals surface area contributed by atoms with Crippen LogP contribution in [0.3, 0.4) is 0 Å². The monoisotopic (exact) mass is 256 g/mol. The molecule has 18 heavy (non-hydrogen) atoms. The fourth-order valence-electron chi connectivity index (χ4n) is 2.22. The summed E-state index contributed by atoms with van der Waals surface area (Å²) in [6.07, 6.45) is 3.31. The number of nitrogens with one attached hydrogen (secondary N) is 1. The van der Waals surface area contributed by atoms with E-state index in [-0.39, 0.29) is 12.1 Å². The molecule has 0 aromatic carbocycles. The van der Waals surface area contributed by atoms with Crippen molar-refractivity contribution in [1.82, 2.24) is 10.2 Å². The summed E-state index contributed by atoms with van der Waals surface area (Å²) in [6.45, 7) is 6.80. The number of hydrogen-bond donors (Lipinski definition) is 2. The zero-order valence-corrected chi connectivity index (χ0v) is 11.5. The molecule has 1 fully saturated rings. The lowest BCUT2D eigenvalue weighted by Crippen LogP contribution is -2.48. The van der Waals surface area contributed by atoms with Crippen LogP contribution in [0.1, 0.15) is 46.5 Å². The van der Waals surface area contributed by atoms with Crippen molar-refractivity contribution in [2.45, 2.75) is 58.5 Å². The number of carbonyl (C=O) groups excluding carboxylic acids is 1. The zero-order chi connectivity index (χ0) is 13.7. The van der Waals surface area contributed by atoms with Crippen molar-refractivity contribution in [3.05, 3.63) is 0 Å². The van der Waals surface area contributed by atoms with Gasteiger partial charge in [-0.25, -0.2) is 9.59 Å². The second kappa shape index (κ2) is 6.61. The largest absolute Gasteiger partial charge is 0.480 e. The molecular weight excluding hydrogens is 232 g/mol. The summed E-state index contributed by atoms with van der Waals surface area (Å²) >= 11 is 0. The van der Waals surface area contributed by atoms with Crippen LogP contribution in [0.4, 0.5) is 4.79 Å². The molecule has 1 heterocycles. The first kappa shape index (κ1) is 14.8. The Balaban J connectivity index is 2.42. The van der Waals surface area contributed by atoms with Crippen LogP contribution in [0.15, 0.2) is 0 Å². The topological polar surface area (TPSA) is 69.6 Å². The average molecular weight is 256 g/mol. The summed E-state index contributed by atoms with van der Waals surface area (Å²) in [5.74, 6) is -0.291. The van der Waals surface area contributed by atoms with Crippen molar-refractivity contribution < 1.29 is 14.7 Å². The Bertz CT molecular complexity index is 305. The third-order valence-electron chi connectivity index (χ3n) is 3.35. The number of rotatable bonds is 5. The molecule has 0 aromatic heterocycles. The number of hydrogen-bond acceptors (Lipinski definition) is 2. The first-order valence-electron chi connectivity index (χ1n) is 6.71. The van der Waals surface area contributed by atoms with Crippen LogP contribution in [0.2, 0.25) is 0 Å². The van der Waals surface area contributed by atoms with Crippen molar-refractivity contribution in [2.75, 3.05) is 6.54 Å². The van der Waals surface area contributed by atoms with Crippen molar-refractivity contribution in [2.24, 2.45) is 5.92 Å². The molecular formula is C13H24N2O3. The molecule has 2 unspecified atom stereocenters. The number of likely N-dealkylation sites (tertiary alicyclic amines) is 1. The van der Waals surface area contributed by atoms with Gasteiger partial charge in [-0.05, 0) is 38.5 Å². The highest BCUT2D eigenvalue weighted by Crippen LogP contribution is 2.17. The molecule has 5 heteroatoms. The van der Waals surface area contributed by atoms with Crippen molar-refractivity contribution in [1.29, 1.82) is 0 Å². The van der Waals surface area contributed by atoms with Crippen molar-refractivity contribution in [3.8, 4) is 0 Å². The smallest absolute Gasteiger partial charge is 0.326 e. The number of amides is 2. The van der Waals surface area contributed by atoms with E-state index < -0.39 is 12.0 Å². The summed E-state index contributed by atoms with van der Waals surface area (Å²) in [4.78, 5) is 24.4. The summed E-state index contributed by atoms with van der Waals surface area (Å²) in [7, 11) is 0. The van der Waals surface area contributed by atoms with Gasteiger partial charge in [0.1, 0.15) is 6.04 Å². The van der Waals surface area contributed by atoms with Crippen molar-refractivity contribution >= 4 is 12.0 Å². The molecule has 1 aliphatic heterocycles. The van der Waals surface area contributed by atoms with Crippen LogP contribution in [0, 0.1) is 5.92 Å². The summed E-state index contributed by atoms with van der Waals surface area (Å²) in [5.41, 5.74) is 0. The lowest BCUT2D eigenvalue weighted by Gasteiger charge is -2.24. The zero-order valence-electron chi connectivity index (χ0n) is 11.5. The highest BCUT2D eigenvalue weighted by atomic mass is 16.4. The van der Waals surface area contributed by atoms with Gasteiger partial charge in [-0.3, -0.25) is 0 Å². The molecule has 0 saturated carbocycles. The molecule has 1 aliphatic rings. The lowest BCUT2D eigenvalue weighted by molar-refractivity contribution is -0.141. The lowest BCUT2D eigenvalue weighted by atomic mass is 10.0. The molecule has 0 aromatic rings. The van der Waals surface area contributed by atoms with E-state index in [0.717, 1.165) is 19.3 Å². The van der Waals surface area contributed by atoms with Gasteiger partial charge in [0.15, 0.2) is 0 Å². The van der Waals surface area contributed by atoms with E-state index in [1.54, 1.807) is 0 Å². The minimum atomic E-state index is -0.905. The molecule has 2 atom stereocenters. The Labute approximate surface area is 109 Å². The summed E-state index contributed by atoms with van der Waals surface area (Å²) in [6, 6.07) is -0.798. The van der Waals surface area contributed by atoms with Gasteiger partial charge in [0.05, 0.1) is 0 Å². The Morgan fingerprint density at radius 3 is 2.56 bits per heavy atom. The molecule has 5 nitrogen and oxygen atoms in total. The molecule has 1 rings (SSSR count). The number of aliphatic carboxylic acids is 1. The fraction of sp³-hybridized carbons (Fsp3) is 0.846. The highest BCUT2D eigenvalue weighted by molar-refractivity contribution is 5.83. The molecule has 2 amide bonds. The van der Waals surface area contributed by atoms with E-state index >= 15 is 0 Å². The normalized spacial score (nSPS) is 21.1. The molecule has 0 radical (unpaired) electrons. The SMILES string of the molecule is CC(C)CCC(C)NC(=O)N1CCCC1C(=O)O. The van der Waals surface area contributed by atoms with Gasteiger partial charge in [0.25, 0.3) is 0 Å². The van der Waals surface area contributed by atoms with Crippen LogP contribution < -0.4 is 5.32 Å². The van der Waals surface area contributed by atoms with E-state index in [9.17, 15) is 9.59 Å². The predicted octanol–water partition coefficient (Wildman–Crippen LogP) is 2.07. The first-order valence-corrected chi connectivity index (χ1v) is 6.71. The molecule has 104 valence electrons. The summed E-state index contributed by atoms with van der Waals surface area (Å²) < 4.78 is 0. The molecule has 2 N–H and O–H groups in total. The van der Waals surface area contributed by atoms with Crippen LogP contribution in [-0.4, -0.2) is 40.6 Å². The van der Waals surface area contributed by atoms with E-state index in [4.69, 9.17) is 5.11 Å². The quantitative estimate of drug-likeness (QED) is 0.791. The number of carboxylic acid groups (broad SMARTS) is 1. The van der Waals surface area contributed by atoms with Gasteiger partial charge in [0.2, 0.25) is 0 Å². The van der Waals surface area contributed by atoms with Gasteiger partial charge in [-0.1, -0.05) is 13.8 Å². The standard InChI is InChI=1S/C13H24N2O3/c1-9(2)6-7-10(3)14-13(18)15-8-4-5-11(15)12(16)17/h9-11H,4-8H2,1-3H3,(H,14,18)(H,16,17). The third kappa shape index (κ3) is 4.20. The van der Waals surface area contributed by atoms with Gasteiger partial charge in [-0.15, -0.1) is 0 Å². The maximum Gasteiger partial charge on any atom is 0.326 e. The third-order valence-corrected chi connectivity index (χ3v) is 3.35. The number of nitrogens with zero attached hydrogens (tertiary/aromatic N) is 1. The second-order valence-electron chi connectivity index (χ2n) is 5.51. The van der Waals surface area contributed by atoms with Gasteiger partial charge in [0, 0.05) is 12.6 Å². The molecule has 1 saturated heterocycles. The fourth-order valence-corrected chi connectivity index (χ4v) is 2.22. The first-order chi connectivity index (χ1) is 8.41. The van der Waals surface area contributed by atoms with Crippen LogP contribution >= 0.6 is 0 Å². The van der Waals surface area contributed by atoms with Gasteiger partial charge < -0.3 is 15.3 Å². The second-order valence-corrected chi connectivity index (χ2v) is 5.51. The molecule has 0 bridgehead atoms. The van der Waals surface area contributed by atoms with E-state index in [2.05, 4.69) is 19.2 Å². The van der Waals surface area contributed by atoms with Gasteiger partial charge in [-0.2, -0.15) is 0 Å². The number of carboxylic acids is 1. The van der Waals surface area contributed by atoms with Crippen LogP contribution in [-0.2, 0) is 4.79 Å². The Morgan fingerprint density at radius 1 is 1.33 bits per heavy atom. The Hall–Kier alpha value is -1.26. The van der Waals surface area contributed by atoms with E-state index in [1.165, 1.54) is 4.90 Å². The Morgan fingerprint density at radius 2 is 2.00 bits per heavy atom. The predicted molar refractivity (Wildman–Crippen MR) is 69.4 cm³/mol. The van der Waals surface area contributed by atoms with Crippen LogP contribution in [0.5, 0.6) is 0 Å².